The van der Waals surface area contributed by atoms with Gasteiger partial charge in [0.25, 0.3) is 5.56 Å². The second kappa shape index (κ2) is 7.93. The molecule has 0 aliphatic carbocycles. The Hall–Kier alpha value is -2.99. The summed E-state index contributed by atoms with van der Waals surface area (Å²) in [5, 5.41) is 0.936. The van der Waals surface area contributed by atoms with Crippen molar-refractivity contribution in [2.75, 3.05) is 13.7 Å². The van der Waals surface area contributed by atoms with Gasteiger partial charge in [0.1, 0.15) is 6.61 Å². The summed E-state index contributed by atoms with van der Waals surface area (Å²) in [5.74, 6) is -0.181. The molecule has 1 aromatic carbocycles. The lowest BCUT2D eigenvalue weighted by Crippen LogP contribution is -2.34. The third-order valence-electron chi connectivity index (χ3n) is 4.16. The molecule has 26 heavy (non-hydrogen) atoms. The van der Waals surface area contributed by atoms with Crippen LogP contribution in [0.1, 0.15) is 16.7 Å². The summed E-state index contributed by atoms with van der Waals surface area (Å²) in [4.78, 5) is 33.5. The molecule has 0 saturated carbocycles. The average Bonchev–Trinajstić information content (AvgIpc) is 2.63. The smallest absolute Gasteiger partial charge is 0.253 e. The molecule has 0 bridgehead atoms. The Bertz CT molecular complexity index is 967. The molecule has 0 atom stereocenters. The Morgan fingerprint density at radius 3 is 2.81 bits per heavy atom. The molecular weight excluding hydrogens is 330 g/mol. The fourth-order valence-electron chi connectivity index (χ4n) is 2.84. The number of hydrogen-bond donors (Lipinski definition) is 1. The van der Waals surface area contributed by atoms with Crippen LogP contribution in [0.5, 0.6) is 0 Å². The van der Waals surface area contributed by atoms with Crippen molar-refractivity contribution in [3.05, 3.63) is 75.8 Å². The minimum absolute atomic E-state index is 0.0368. The van der Waals surface area contributed by atoms with Gasteiger partial charge in [0.05, 0.1) is 6.54 Å². The Labute approximate surface area is 151 Å². The van der Waals surface area contributed by atoms with Gasteiger partial charge in [-0.25, -0.2) is 0 Å². The van der Waals surface area contributed by atoms with E-state index >= 15 is 0 Å². The van der Waals surface area contributed by atoms with Crippen LogP contribution in [0.25, 0.3) is 10.9 Å². The first-order valence-electron chi connectivity index (χ1n) is 8.35. The van der Waals surface area contributed by atoms with Crippen molar-refractivity contribution in [3.8, 4) is 0 Å². The summed E-state index contributed by atoms with van der Waals surface area (Å²) >= 11 is 0. The lowest BCUT2D eigenvalue weighted by molar-refractivity contribution is -0.136. The predicted octanol–water partition coefficient (Wildman–Crippen LogP) is 2.41. The van der Waals surface area contributed by atoms with Crippen LogP contribution < -0.4 is 5.56 Å². The number of aromatic nitrogens is 2. The van der Waals surface area contributed by atoms with E-state index in [0.717, 1.165) is 22.0 Å². The second-order valence-electron chi connectivity index (χ2n) is 6.26. The molecule has 0 radical (unpaired) electrons. The van der Waals surface area contributed by atoms with Crippen LogP contribution in [0.3, 0.4) is 0 Å². The largest absolute Gasteiger partial charge is 0.375 e. The Morgan fingerprint density at radius 2 is 2.08 bits per heavy atom. The Kier molecular flexibility index (Phi) is 5.43. The first-order chi connectivity index (χ1) is 12.6. The van der Waals surface area contributed by atoms with Gasteiger partial charge in [0.15, 0.2) is 0 Å². The number of ether oxygens (including phenoxy) is 1. The van der Waals surface area contributed by atoms with Crippen LogP contribution >= 0.6 is 0 Å². The van der Waals surface area contributed by atoms with E-state index in [-0.39, 0.29) is 24.6 Å². The van der Waals surface area contributed by atoms with Gasteiger partial charge < -0.3 is 14.6 Å². The highest BCUT2D eigenvalue weighted by Crippen LogP contribution is 2.15. The fourth-order valence-corrected chi connectivity index (χ4v) is 2.84. The number of carbonyl (C=O) groups excluding carboxylic acids is 1. The van der Waals surface area contributed by atoms with Crippen LogP contribution in [0.15, 0.2) is 53.6 Å². The monoisotopic (exact) mass is 351 g/mol. The Morgan fingerprint density at radius 1 is 1.23 bits per heavy atom. The number of fused-ring (bicyclic) bond motifs is 1. The lowest BCUT2D eigenvalue weighted by atomic mass is 10.1. The van der Waals surface area contributed by atoms with E-state index in [4.69, 9.17) is 4.74 Å². The SMILES string of the molecule is COCC(=O)N(Cc1cccnc1)Cc1cc2ccc(C)cc2[nH]c1=O. The quantitative estimate of drug-likeness (QED) is 0.740. The number of nitrogens with zero attached hydrogens (tertiary/aromatic N) is 2. The normalized spacial score (nSPS) is 10.8. The highest BCUT2D eigenvalue weighted by Gasteiger charge is 2.16. The van der Waals surface area contributed by atoms with Gasteiger partial charge in [0.2, 0.25) is 5.91 Å². The lowest BCUT2D eigenvalue weighted by Gasteiger charge is -2.22. The van der Waals surface area contributed by atoms with Gasteiger partial charge in [-0.05, 0) is 41.6 Å². The summed E-state index contributed by atoms with van der Waals surface area (Å²) in [7, 11) is 1.48. The standard InChI is InChI=1S/C20H21N3O3/c1-14-5-6-16-9-17(20(25)22-18(16)8-14)12-23(19(24)13-26-2)11-15-4-3-7-21-10-15/h3-10H,11-13H2,1-2H3,(H,22,25). The van der Waals surface area contributed by atoms with Crippen LogP contribution in [0.4, 0.5) is 0 Å². The molecule has 6 nitrogen and oxygen atoms in total. The van der Waals surface area contributed by atoms with Crippen molar-refractivity contribution in [2.45, 2.75) is 20.0 Å². The maximum Gasteiger partial charge on any atom is 0.253 e. The van der Waals surface area contributed by atoms with Gasteiger partial charge in [-0.2, -0.15) is 0 Å². The van der Waals surface area contributed by atoms with E-state index in [1.54, 1.807) is 17.3 Å². The van der Waals surface area contributed by atoms with Crippen LogP contribution in [-0.4, -0.2) is 34.5 Å². The minimum Gasteiger partial charge on any atom is -0.375 e. The molecule has 0 unspecified atom stereocenters. The van der Waals surface area contributed by atoms with Crippen molar-refractivity contribution in [1.82, 2.24) is 14.9 Å². The zero-order valence-electron chi connectivity index (χ0n) is 14.9. The number of methoxy groups -OCH3 is 1. The number of aryl methyl sites for hydroxylation is 1. The number of aromatic amines is 1. The van der Waals surface area contributed by atoms with Crippen molar-refractivity contribution in [2.24, 2.45) is 0 Å². The second-order valence-corrected chi connectivity index (χ2v) is 6.26. The van der Waals surface area contributed by atoms with Gasteiger partial charge in [-0.1, -0.05) is 18.2 Å². The van der Waals surface area contributed by atoms with Crippen molar-refractivity contribution in [3.63, 3.8) is 0 Å². The highest BCUT2D eigenvalue weighted by molar-refractivity contribution is 5.80. The number of hydrogen-bond acceptors (Lipinski definition) is 4. The molecule has 3 rings (SSSR count). The zero-order valence-corrected chi connectivity index (χ0v) is 14.9. The minimum atomic E-state index is -0.190. The number of pyridine rings is 2. The zero-order chi connectivity index (χ0) is 18.5. The van der Waals surface area contributed by atoms with E-state index in [1.165, 1.54) is 7.11 Å². The van der Waals surface area contributed by atoms with Gasteiger partial charge >= 0.3 is 0 Å². The third-order valence-corrected chi connectivity index (χ3v) is 4.16. The summed E-state index contributed by atoms with van der Waals surface area (Å²) in [6.07, 6.45) is 3.39. The molecule has 2 aromatic heterocycles. The molecule has 6 heteroatoms. The molecule has 2 heterocycles. The fraction of sp³-hybridized carbons (Fsp3) is 0.250. The third kappa shape index (κ3) is 4.15. The number of H-pyrrole nitrogens is 1. The average molecular weight is 351 g/mol. The van der Waals surface area contributed by atoms with Crippen molar-refractivity contribution >= 4 is 16.8 Å². The van der Waals surface area contributed by atoms with E-state index in [0.29, 0.717) is 12.1 Å². The Balaban J connectivity index is 1.91. The number of rotatable bonds is 6. The first kappa shape index (κ1) is 17.8. The van der Waals surface area contributed by atoms with Crippen LogP contribution in [0, 0.1) is 6.92 Å². The van der Waals surface area contributed by atoms with Gasteiger partial charge in [-0.3, -0.25) is 14.6 Å². The predicted molar refractivity (Wildman–Crippen MR) is 99.7 cm³/mol. The van der Waals surface area contributed by atoms with Gasteiger partial charge in [-0.15, -0.1) is 0 Å². The van der Waals surface area contributed by atoms with E-state index in [9.17, 15) is 9.59 Å². The molecule has 0 spiro atoms. The molecule has 1 N–H and O–H groups in total. The van der Waals surface area contributed by atoms with E-state index in [1.807, 2.05) is 43.3 Å². The summed E-state index contributed by atoms with van der Waals surface area (Å²) in [6.45, 7) is 2.51. The molecule has 1 amide bonds. The maximum atomic E-state index is 12.5. The molecule has 0 aliphatic rings. The number of amides is 1. The first-order valence-corrected chi connectivity index (χ1v) is 8.35. The molecule has 0 aliphatic heterocycles. The van der Waals surface area contributed by atoms with E-state index in [2.05, 4.69) is 9.97 Å². The summed E-state index contributed by atoms with van der Waals surface area (Å²) in [5.41, 5.74) is 3.11. The molecular formula is C20H21N3O3. The number of benzene rings is 1. The number of nitrogens with one attached hydrogen (secondary N) is 1. The number of carbonyl (C=O) groups is 1. The van der Waals surface area contributed by atoms with Gasteiger partial charge in [0, 0.05) is 37.1 Å². The van der Waals surface area contributed by atoms with Crippen molar-refractivity contribution in [1.29, 1.82) is 0 Å². The maximum absolute atomic E-state index is 12.5. The van der Waals surface area contributed by atoms with Crippen LogP contribution in [0.2, 0.25) is 0 Å². The summed E-state index contributed by atoms with van der Waals surface area (Å²) in [6, 6.07) is 11.4. The van der Waals surface area contributed by atoms with E-state index < -0.39 is 0 Å². The molecule has 3 aromatic rings. The summed E-state index contributed by atoms with van der Waals surface area (Å²) < 4.78 is 4.98. The molecule has 0 saturated heterocycles. The molecule has 0 fully saturated rings. The van der Waals surface area contributed by atoms with Crippen LogP contribution in [-0.2, 0) is 22.6 Å². The highest BCUT2D eigenvalue weighted by atomic mass is 16.5. The molecule has 134 valence electrons. The topological polar surface area (TPSA) is 75.3 Å². The van der Waals surface area contributed by atoms with Crippen molar-refractivity contribution < 1.29 is 9.53 Å².